The molecule has 1 heterocycles. The molecular formula is C18H28N2O2. The maximum atomic E-state index is 9.62. The number of aryl methyl sites for hydroxylation is 1. The van der Waals surface area contributed by atoms with Gasteiger partial charge in [0.05, 0.1) is 6.61 Å². The molecule has 122 valence electrons. The van der Waals surface area contributed by atoms with Gasteiger partial charge in [-0.1, -0.05) is 20.8 Å². The summed E-state index contributed by atoms with van der Waals surface area (Å²) in [5.74, 6) is -1.07. The van der Waals surface area contributed by atoms with Crippen molar-refractivity contribution in [2.24, 2.45) is 0 Å². The van der Waals surface area contributed by atoms with Crippen LogP contribution in [0.2, 0.25) is 0 Å². The normalized spacial score (nSPS) is 13.0. The third kappa shape index (κ3) is 4.02. The van der Waals surface area contributed by atoms with Crippen molar-refractivity contribution in [1.82, 2.24) is 4.57 Å². The van der Waals surface area contributed by atoms with E-state index in [1.165, 1.54) is 16.6 Å². The molecule has 2 aromatic rings. The van der Waals surface area contributed by atoms with E-state index < -0.39 is 5.79 Å². The van der Waals surface area contributed by atoms with Gasteiger partial charge in [0.25, 0.3) is 0 Å². The lowest BCUT2D eigenvalue weighted by Gasteiger charge is -2.23. The highest BCUT2D eigenvalue weighted by atomic mass is 16.6. The molecule has 0 saturated heterocycles. The molecule has 1 aromatic heterocycles. The molecule has 4 heteroatoms. The predicted octanol–water partition coefficient (Wildman–Crippen LogP) is 3.66. The lowest BCUT2D eigenvalue weighted by molar-refractivity contribution is -0.176. The van der Waals surface area contributed by atoms with Crippen LogP contribution in [0.5, 0.6) is 0 Å². The Labute approximate surface area is 132 Å². The first-order valence-corrected chi connectivity index (χ1v) is 7.83. The fourth-order valence-corrected chi connectivity index (χ4v) is 2.70. The number of hydrogen-bond acceptors (Lipinski definition) is 3. The second-order valence-electron chi connectivity index (χ2n) is 7.40. The number of nitrogens with two attached hydrogens (primary N) is 1. The van der Waals surface area contributed by atoms with Crippen LogP contribution in [-0.4, -0.2) is 22.1 Å². The van der Waals surface area contributed by atoms with E-state index in [-0.39, 0.29) is 5.41 Å². The van der Waals surface area contributed by atoms with E-state index in [0.717, 1.165) is 18.7 Å². The van der Waals surface area contributed by atoms with Crippen molar-refractivity contribution in [2.75, 3.05) is 12.3 Å². The fourth-order valence-electron chi connectivity index (χ4n) is 2.70. The average molecular weight is 304 g/mol. The first kappa shape index (κ1) is 16.8. The van der Waals surface area contributed by atoms with Crippen LogP contribution in [-0.2, 0) is 16.7 Å². The van der Waals surface area contributed by atoms with Gasteiger partial charge in [-0.3, -0.25) is 0 Å². The van der Waals surface area contributed by atoms with Crippen molar-refractivity contribution in [2.45, 2.75) is 58.8 Å². The largest absolute Gasteiger partial charge is 0.399 e. The van der Waals surface area contributed by atoms with E-state index in [4.69, 9.17) is 10.5 Å². The summed E-state index contributed by atoms with van der Waals surface area (Å²) >= 11 is 0. The SMILES string of the molecule is CC(C)(O)OCCCn1c(C(C)(C)C)cc2cc(N)ccc21. The van der Waals surface area contributed by atoms with Crippen molar-refractivity contribution in [3.8, 4) is 0 Å². The minimum Gasteiger partial charge on any atom is -0.399 e. The van der Waals surface area contributed by atoms with Gasteiger partial charge < -0.3 is 20.1 Å². The summed E-state index contributed by atoms with van der Waals surface area (Å²) in [6, 6.07) is 8.27. The molecule has 0 aliphatic heterocycles. The van der Waals surface area contributed by atoms with Gasteiger partial charge in [0.2, 0.25) is 0 Å². The minimum absolute atomic E-state index is 0.0604. The summed E-state index contributed by atoms with van der Waals surface area (Å²) in [7, 11) is 0. The summed E-state index contributed by atoms with van der Waals surface area (Å²) in [4.78, 5) is 0. The Morgan fingerprint density at radius 1 is 1.14 bits per heavy atom. The van der Waals surface area contributed by atoms with Gasteiger partial charge in [-0.2, -0.15) is 0 Å². The number of anilines is 1. The van der Waals surface area contributed by atoms with E-state index in [1.807, 2.05) is 12.1 Å². The maximum Gasteiger partial charge on any atom is 0.159 e. The molecule has 0 saturated carbocycles. The maximum absolute atomic E-state index is 9.62. The highest BCUT2D eigenvalue weighted by Crippen LogP contribution is 2.30. The zero-order valence-corrected chi connectivity index (χ0v) is 14.3. The lowest BCUT2D eigenvalue weighted by atomic mass is 9.92. The Morgan fingerprint density at radius 3 is 2.41 bits per heavy atom. The Morgan fingerprint density at radius 2 is 1.82 bits per heavy atom. The quantitative estimate of drug-likeness (QED) is 0.503. The molecule has 0 radical (unpaired) electrons. The number of fused-ring (bicyclic) bond motifs is 1. The standard InChI is InChI=1S/C18H28N2O2/c1-17(2,3)16-12-13-11-14(19)7-8-15(13)20(16)9-6-10-22-18(4,5)21/h7-8,11-12,21H,6,9-10,19H2,1-5H3. The van der Waals surface area contributed by atoms with Gasteiger partial charge >= 0.3 is 0 Å². The van der Waals surface area contributed by atoms with Crippen molar-refractivity contribution in [3.05, 3.63) is 30.0 Å². The lowest BCUT2D eigenvalue weighted by Crippen LogP contribution is -2.24. The molecule has 3 N–H and O–H groups in total. The van der Waals surface area contributed by atoms with E-state index in [1.54, 1.807) is 13.8 Å². The summed E-state index contributed by atoms with van der Waals surface area (Å²) in [5, 5.41) is 10.8. The van der Waals surface area contributed by atoms with Gasteiger partial charge in [0, 0.05) is 34.2 Å². The van der Waals surface area contributed by atoms with E-state index in [9.17, 15) is 5.11 Å². The molecule has 2 rings (SSSR count). The molecule has 0 bridgehead atoms. The van der Waals surface area contributed by atoms with Crippen LogP contribution in [0, 0.1) is 0 Å². The number of nitrogen functional groups attached to an aromatic ring is 1. The van der Waals surface area contributed by atoms with Gasteiger partial charge in [-0.25, -0.2) is 0 Å². The molecule has 0 aliphatic rings. The monoisotopic (exact) mass is 304 g/mol. The van der Waals surface area contributed by atoms with Crippen molar-refractivity contribution in [1.29, 1.82) is 0 Å². The Kier molecular flexibility index (Phi) is 4.54. The van der Waals surface area contributed by atoms with E-state index in [0.29, 0.717) is 6.61 Å². The van der Waals surface area contributed by atoms with Crippen molar-refractivity contribution >= 4 is 16.6 Å². The van der Waals surface area contributed by atoms with Crippen molar-refractivity contribution < 1.29 is 9.84 Å². The smallest absolute Gasteiger partial charge is 0.159 e. The summed E-state index contributed by atoms with van der Waals surface area (Å²) in [6.07, 6.45) is 0.848. The number of aliphatic hydroxyl groups is 1. The third-order valence-electron chi connectivity index (χ3n) is 3.68. The molecule has 0 spiro atoms. The number of aromatic nitrogens is 1. The van der Waals surface area contributed by atoms with Gasteiger partial charge in [0.1, 0.15) is 0 Å². The first-order valence-electron chi connectivity index (χ1n) is 7.83. The van der Waals surface area contributed by atoms with Crippen LogP contribution >= 0.6 is 0 Å². The first-order chi connectivity index (χ1) is 10.1. The number of ether oxygens (including phenoxy) is 1. The van der Waals surface area contributed by atoms with Gasteiger partial charge in [0.15, 0.2) is 5.79 Å². The average Bonchev–Trinajstić information content (AvgIpc) is 2.71. The molecule has 0 amide bonds. The van der Waals surface area contributed by atoms with Crippen LogP contribution in [0.25, 0.3) is 10.9 Å². The number of hydrogen-bond donors (Lipinski definition) is 2. The van der Waals surface area contributed by atoms with Crippen LogP contribution < -0.4 is 5.73 Å². The molecule has 0 unspecified atom stereocenters. The molecule has 1 aromatic carbocycles. The highest BCUT2D eigenvalue weighted by molar-refractivity contribution is 5.84. The van der Waals surface area contributed by atoms with Crippen LogP contribution in [0.15, 0.2) is 24.3 Å². The van der Waals surface area contributed by atoms with Crippen LogP contribution in [0.3, 0.4) is 0 Å². The van der Waals surface area contributed by atoms with Crippen molar-refractivity contribution in [3.63, 3.8) is 0 Å². The fraction of sp³-hybridized carbons (Fsp3) is 0.556. The number of benzene rings is 1. The molecular weight excluding hydrogens is 276 g/mol. The Bertz CT molecular complexity index is 645. The van der Waals surface area contributed by atoms with Gasteiger partial charge in [-0.05, 0) is 44.5 Å². The summed E-state index contributed by atoms with van der Waals surface area (Å²) in [6.45, 7) is 11.3. The predicted molar refractivity (Wildman–Crippen MR) is 91.9 cm³/mol. The number of nitrogens with zero attached hydrogens (tertiary/aromatic N) is 1. The second-order valence-corrected chi connectivity index (χ2v) is 7.40. The third-order valence-corrected chi connectivity index (χ3v) is 3.68. The molecule has 0 fully saturated rings. The Hall–Kier alpha value is -1.52. The summed E-state index contributed by atoms with van der Waals surface area (Å²) < 4.78 is 7.74. The molecule has 0 atom stereocenters. The van der Waals surface area contributed by atoms with Crippen LogP contribution in [0.4, 0.5) is 5.69 Å². The number of rotatable bonds is 5. The molecule has 4 nitrogen and oxygen atoms in total. The molecule has 0 aliphatic carbocycles. The minimum atomic E-state index is -1.07. The Balaban J connectivity index is 2.26. The molecule has 22 heavy (non-hydrogen) atoms. The second kappa shape index (κ2) is 5.94. The van der Waals surface area contributed by atoms with E-state index >= 15 is 0 Å². The van der Waals surface area contributed by atoms with Crippen LogP contribution in [0.1, 0.15) is 46.7 Å². The topological polar surface area (TPSA) is 60.4 Å². The van der Waals surface area contributed by atoms with Gasteiger partial charge in [-0.15, -0.1) is 0 Å². The van der Waals surface area contributed by atoms with E-state index in [2.05, 4.69) is 37.5 Å². The zero-order chi connectivity index (χ0) is 16.5. The summed E-state index contributed by atoms with van der Waals surface area (Å²) in [5.41, 5.74) is 9.24. The zero-order valence-electron chi connectivity index (χ0n) is 14.3. The highest BCUT2D eigenvalue weighted by Gasteiger charge is 2.21.